The highest BCUT2D eigenvalue weighted by Gasteiger charge is 2.55. The van der Waals surface area contributed by atoms with E-state index >= 15 is 0 Å². The minimum Gasteiger partial charge on any atom is -0.381 e. The van der Waals surface area contributed by atoms with Crippen molar-refractivity contribution >= 4 is 0 Å². The van der Waals surface area contributed by atoms with Crippen molar-refractivity contribution in [2.75, 3.05) is 26.3 Å². The van der Waals surface area contributed by atoms with Gasteiger partial charge in [-0.3, -0.25) is 0 Å². The lowest BCUT2D eigenvalue weighted by Crippen LogP contribution is -2.56. The van der Waals surface area contributed by atoms with E-state index in [0.29, 0.717) is 11.0 Å². The van der Waals surface area contributed by atoms with E-state index in [9.17, 15) is 8.78 Å². The van der Waals surface area contributed by atoms with Gasteiger partial charge in [-0.05, 0) is 49.3 Å². The number of likely N-dealkylation sites (N-methyl/N-ethyl adjacent to an activating group) is 1. The number of ether oxygens (including phenoxy) is 1. The second-order valence-electron chi connectivity index (χ2n) is 6.65. The van der Waals surface area contributed by atoms with Gasteiger partial charge in [0.25, 0.3) is 0 Å². The summed E-state index contributed by atoms with van der Waals surface area (Å²) in [6, 6.07) is 4.02. The molecule has 1 heterocycles. The Kier molecular flexibility index (Phi) is 4.02. The Balaban J connectivity index is 1.85. The van der Waals surface area contributed by atoms with E-state index < -0.39 is 11.6 Å². The number of benzene rings is 1. The largest absolute Gasteiger partial charge is 0.381 e. The second-order valence-corrected chi connectivity index (χ2v) is 6.65. The summed E-state index contributed by atoms with van der Waals surface area (Å²) in [6.07, 6.45) is 4.06. The maximum absolute atomic E-state index is 14.3. The van der Waals surface area contributed by atoms with E-state index in [4.69, 9.17) is 4.74 Å². The highest BCUT2D eigenvalue weighted by atomic mass is 19.1. The van der Waals surface area contributed by atoms with Crippen LogP contribution in [-0.2, 0) is 10.2 Å². The van der Waals surface area contributed by atoms with Crippen molar-refractivity contribution < 1.29 is 13.5 Å². The molecule has 3 rings (SSSR count). The van der Waals surface area contributed by atoms with Gasteiger partial charge in [0.2, 0.25) is 0 Å². The minimum absolute atomic E-state index is 0.189. The quantitative estimate of drug-likeness (QED) is 0.919. The molecule has 1 aromatic carbocycles. The van der Waals surface area contributed by atoms with Crippen molar-refractivity contribution in [3.05, 3.63) is 35.4 Å². The molecule has 21 heavy (non-hydrogen) atoms. The van der Waals surface area contributed by atoms with Crippen LogP contribution in [0.15, 0.2) is 18.2 Å². The van der Waals surface area contributed by atoms with Crippen LogP contribution in [0.5, 0.6) is 0 Å². The van der Waals surface area contributed by atoms with Crippen LogP contribution in [0.25, 0.3) is 0 Å². The van der Waals surface area contributed by atoms with Crippen molar-refractivity contribution in [2.45, 2.75) is 38.0 Å². The van der Waals surface area contributed by atoms with E-state index in [1.54, 1.807) is 6.07 Å². The lowest BCUT2D eigenvalue weighted by atomic mass is 9.48. The Morgan fingerprint density at radius 1 is 1.19 bits per heavy atom. The van der Waals surface area contributed by atoms with Gasteiger partial charge in [-0.1, -0.05) is 13.0 Å². The SMILES string of the molecule is CCNCC1(c2ccc(F)cc2F)CC2(CCOCC2)C1. The summed E-state index contributed by atoms with van der Waals surface area (Å²) in [5, 5.41) is 3.36. The molecule has 2 aliphatic rings. The summed E-state index contributed by atoms with van der Waals surface area (Å²) in [5.41, 5.74) is 0.779. The number of halogens is 2. The molecule has 2 nitrogen and oxygen atoms in total. The van der Waals surface area contributed by atoms with Crippen molar-refractivity contribution in [3.8, 4) is 0 Å². The van der Waals surface area contributed by atoms with Gasteiger partial charge in [0.05, 0.1) is 0 Å². The molecule has 0 unspecified atom stereocenters. The first-order valence-electron chi connectivity index (χ1n) is 7.83. The summed E-state index contributed by atoms with van der Waals surface area (Å²) in [4.78, 5) is 0. The van der Waals surface area contributed by atoms with Gasteiger partial charge in [0.15, 0.2) is 0 Å². The normalized spacial score (nSPS) is 23.0. The fourth-order valence-corrected chi connectivity index (χ4v) is 4.24. The zero-order chi connectivity index (χ0) is 14.9. The molecule has 1 aliphatic carbocycles. The summed E-state index contributed by atoms with van der Waals surface area (Å²) < 4.78 is 32.9. The zero-order valence-electron chi connectivity index (χ0n) is 12.6. The second kappa shape index (κ2) is 5.65. The van der Waals surface area contributed by atoms with E-state index in [-0.39, 0.29) is 5.41 Å². The third kappa shape index (κ3) is 2.71. The number of hydrogen-bond donors (Lipinski definition) is 1. The molecular weight excluding hydrogens is 272 g/mol. The number of hydrogen-bond acceptors (Lipinski definition) is 2. The van der Waals surface area contributed by atoms with Gasteiger partial charge < -0.3 is 10.1 Å². The number of nitrogens with one attached hydrogen (secondary N) is 1. The first kappa shape index (κ1) is 14.9. The van der Waals surface area contributed by atoms with E-state index in [1.165, 1.54) is 6.07 Å². The summed E-state index contributed by atoms with van der Waals surface area (Å²) in [6.45, 7) is 5.29. The highest BCUT2D eigenvalue weighted by molar-refractivity contribution is 5.33. The van der Waals surface area contributed by atoms with Crippen LogP contribution in [0.1, 0.15) is 38.2 Å². The van der Waals surface area contributed by atoms with Crippen LogP contribution in [0, 0.1) is 17.0 Å². The van der Waals surface area contributed by atoms with E-state index in [2.05, 4.69) is 12.2 Å². The minimum atomic E-state index is -0.505. The lowest BCUT2D eigenvalue weighted by molar-refractivity contribution is -0.0744. The molecule has 116 valence electrons. The fraction of sp³-hybridized carbons (Fsp3) is 0.647. The molecule has 0 atom stereocenters. The van der Waals surface area contributed by atoms with Crippen LogP contribution in [-0.4, -0.2) is 26.3 Å². The Hall–Kier alpha value is -1.00. The standard InChI is InChI=1S/C17H23F2NO/c1-2-20-12-17(14-4-3-13(18)9-15(14)19)10-16(11-17)5-7-21-8-6-16/h3-4,9,20H,2,5-8,10-12H2,1H3. The van der Waals surface area contributed by atoms with E-state index in [1.807, 2.05) is 0 Å². The fourth-order valence-electron chi connectivity index (χ4n) is 4.24. The van der Waals surface area contributed by atoms with Gasteiger partial charge in [-0.25, -0.2) is 8.78 Å². The summed E-state index contributed by atoms with van der Waals surface area (Å²) >= 11 is 0. The Labute approximate surface area is 124 Å². The topological polar surface area (TPSA) is 21.3 Å². The van der Waals surface area contributed by atoms with Crippen LogP contribution in [0.3, 0.4) is 0 Å². The summed E-state index contributed by atoms with van der Waals surface area (Å²) in [5.74, 6) is -0.912. The van der Waals surface area contributed by atoms with Crippen molar-refractivity contribution in [1.82, 2.24) is 5.32 Å². The smallest absolute Gasteiger partial charge is 0.129 e. The third-order valence-corrected chi connectivity index (χ3v) is 5.20. The molecule has 1 saturated heterocycles. The van der Waals surface area contributed by atoms with Crippen LogP contribution >= 0.6 is 0 Å². The Morgan fingerprint density at radius 2 is 1.90 bits per heavy atom. The highest BCUT2D eigenvalue weighted by Crippen LogP contribution is 2.60. The molecule has 0 aromatic heterocycles. The molecule has 0 amide bonds. The third-order valence-electron chi connectivity index (χ3n) is 5.20. The van der Waals surface area contributed by atoms with Gasteiger partial charge in [0.1, 0.15) is 11.6 Å². The van der Waals surface area contributed by atoms with Gasteiger partial charge in [-0.15, -0.1) is 0 Å². The van der Waals surface area contributed by atoms with Crippen molar-refractivity contribution in [2.24, 2.45) is 5.41 Å². The van der Waals surface area contributed by atoms with Gasteiger partial charge in [-0.2, -0.15) is 0 Å². The average molecular weight is 295 g/mol. The molecule has 1 aromatic rings. The molecule has 0 bridgehead atoms. The monoisotopic (exact) mass is 295 g/mol. The predicted octanol–water partition coefficient (Wildman–Crippen LogP) is 3.40. The van der Waals surface area contributed by atoms with Gasteiger partial charge >= 0.3 is 0 Å². The first-order chi connectivity index (χ1) is 10.1. The molecule has 0 radical (unpaired) electrons. The van der Waals surface area contributed by atoms with Crippen molar-refractivity contribution in [3.63, 3.8) is 0 Å². The molecule has 2 fully saturated rings. The predicted molar refractivity (Wildman–Crippen MR) is 78.3 cm³/mol. The maximum Gasteiger partial charge on any atom is 0.129 e. The van der Waals surface area contributed by atoms with Gasteiger partial charge in [0, 0.05) is 31.2 Å². The molecule has 1 N–H and O–H groups in total. The average Bonchev–Trinajstić information content (AvgIpc) is 2.44. The summed E-state index contributed by atoms with van der Waals surface area (Å²) in [7, 11) is 0. The van der Waals surface area contributed by atoms with E-state index in [0.717, 1.165) is 58.1 Å². The molecule has 1 saturated carbocycles. The van der Waals surface area contributed by atoms with Crippen LogP contribution < -0.4 is 5.32 Å². The van der Waals surface area contributed by atoms with Crippen LogP contribution in [0.4, 0.5) is 8.78 Å². The van der Waals surface area contributed by atoms with Crippen molar-refractivity contribution in [1.29, 1.82) is 0 Å². The lowest BCUT2D eigenvalue weighted by Gasteiger charge is -2.58. The Morgan fingerprint density at radius 3 is 2.52 bits per heavy atom. The molecule has 1 aliphatic heterocycles. The maximum atomic E-state index is 14.3. The molecule has 1 spiro atoms. The van der Waals surface area contributed by atoms with Crippen LogP contribution in [0.2, 0.25) is 0 Å². The molecular formula is C17H23F2NO. The first-order valence-corrected chi connectivity index (χ1v) is 7.83. The zero-order valence-corrected chi connectivity index (χ0v) is 12.6. The Bertz CT molecular complexity index is 504. The molecule has 4 heteroatoms. The number of rotatable bonds is 4.